The van der Waals surface area contributed by atoms with E-state index >= 15 is 0 Å². The van der Waals surface area contributed by atoms with Gasteiger partial charge in [0.2, 0.25) is 0 Å². The number of nitriles is 1. The number of anilines is 1. The zero-order chi connectivity index (χ0) is 24.8. The molecule has 0 saturated carbocycles. The molecule has 0 aliphatic carbocycles. The van der Waals surface area contributed by atoms with Crippen LogP contribution in [0.15, 0.2) is 90.5 Å². The van der Waals surface area contributed by atoms with Crippen LogP contribution >= 0.6 is 22.6 Å². The van der Waals surface area contributed by atoms with Gasteiger partial charge in [0, 0.05) is 9.26 Å². The number of carbonyl (C=O) groups is 2. The van der Waals surface area contributed by atoms with E-state index in [1.807, 2.05) is 48.5 Å². The van der Waals surface area contributed by atoms with E-state index in [0.717, 1.165) is 14.3 Å². The lowest BCUT2D eigenvalue weighted by molar-refractivity contribution is -0.112. The Morgan fingerprint density at radius 2 is 1.71 bits per heavy atom. The summed E-state index contributed by atoms with van der Waals surface area (Å²) in [6.45, 7) is 0. The summed E-state index contributed by atoms with van der Waals surface area (Å²) in [6, 6.07) is 27.0. The number of halogens is 1. The van der Waals surface area contributed by atoms with Crippen molar-refractivity contribution < 1.29 is 19.1 Å². The van der Waals surface area contributed by atoms with Crippen molar-refractivity contribution in [1.29, 1.82) is 5.26 Å². The van der Waals surface area contributed by atoms with E-state index in [0.29, 0.717) is 22.6 Å². The molecule has 0 unspecified atom stereocenters. The van der Waals surface area contributed by atoms with Crippen LogP contribution < -0.4 is 14.8 Å². The van der Waals surface area contributed by atoms with Gasteiger partial charge in [-0.05, 0) is 81.4 Å². The summed E-state index contributed by atoms with van der Waals surface area (Å²) < 4.78 is 12.0. The normalized spacial score (nSPS) is 10.9. The Balaban J connectivity index is 1.61. The first-order chi connectivity index (χ1) is 17.0. The van der Waals surface area contributed by atoms with Gasteiger partial charge >= 0.3 is 5.97 Å². The highest BCUT2D eigenvalue weighted by Crippen LogP contribution is 2.31. The van der Waals surface area contributed by atoms with E-state index in [4.69, 9.17) is 9.47 Å². The molecule has 6 nitrogen and oxygen atoms in total. The molecule has 0 atom stereocenters. The summed E-state index contributed by atoms with van der Waals surface area (Å²) in [4.78, 5) is 25.7. The van der Waals surface area contributed by atoms with Crippen molar-refractivity contribution in [2.45, 2.75) is 0 Å². The van der Waals surface area contributed by atoms with Crippen molar-refractivity contribution in [3.63, 3.8) is 0 Å². The molecule has 4 rings (SSSR count). The maximum Gasteiger partial charge on any atom is 0.344 e. The number of nitrogens with zero attached hydrogens (tertiary/aromatic N) is 1. The number of rotatable bonds is 6. The topological polar surface area (TPSA) is 88.4 Å². The molecule has 0 spiro atoms. The molecule has 0 heterocycles. The average molecular weight is 574 g/mol. The smallest absolute Gasteiger partial charge is 0.344 e. The lowest BCUT2D eigenvalue weighted by Crippen LogP contribution is -2.13. The fourth-order valence-electron chi connectivity index (χ4n) is 3.50. The number of fused-ring (bicyclic) bond motifs is 1. The molecule has 0 radical (unpaired) electrons. The van der Waals surface area contributed by atoms with E-state index in [9.17, 15) is 14.9 Å². The largest absolute Gasteiger partial charge is 0.493 e. The van der Waals surface area contributed by atoms with Gasteiger partial charge in [0.05, 0.1) is 12.7 Å². The van der Waals surface area contributed by atoms with Crippen LogP contribution in [0.1, 0.15) is 15.9 Å². The van der Waals surface area contributed by atoms with Crippen molar-refractivity contribution in [2.24, 2.45) is 0 Å². The number of esters is 1. The molecule has 7 heteroatoms. The predicted octanol–water partition coefficient (Wildman–Crippen LogP) is 6.22. The fourth-order valence-corrected chi connectivity index (χ4v) is 4.04. The Labute approximate surface area is 215 Å². The van der Waals surface area contributed by atoms with E-state index in [1.165, 1.54) is 13.2 Å². The van der Waals surface area contributed by atoms with Crippen LogP contribution in [0.3, 0.4) is 0 Å². The zero-order valence-electron chi connectivity index (χ0n) is 18.6. The minimum absolute atomic E-state index is 0.0969. The molecule has 35 heavy (non-hydrogen) atoms. The van der Waals surface area contributed by atoms with Gasteiger partial charge in [-0.3, -0.25) is 4.79 Å². The maximum atomic E-state index is 13.0. The van der Waals surface area contributed by atoms with E-state index in [1.54, 1.807) is 42.5 Å². The number of hydrogen-bond acceptors (Lipinski definition) is 5. The molecule has 0 saturated heterocycles. The number of methoxy groups -OCH3 is 1. The number of nitrogens with one attached hydrogen (secondary N) is 1. The number of benzene rings is 4. The molecular weight excluding hydrogens is 555 g/mol. The monoisotopic (exact) mass is 574 g/mol. The highest BCUT2D eigenvalue weighted by molar-refractivity contribution is 14.1. The van der Waals surface area contributed by atoms with Crippen LogP contribution in [0.4, 0.5) is 5.69 Å². The van der Waals surface area contributed by atoms with Crippen LogP contribution in [0.2, 0.25) is 0 Å². The third-order valence-electron chi connectivity index (χ3n) is 5.16. The Morgan fingerprint density at radius 3 is 2.49 bits per heavy atom. The molecular formula is C28H19IN2O4. The highest BCUT2D eigenvalue weighted by Gasteiger charge is 2.16. The molecule has 0 bridgehead atoms. The summed E-state index contributed by atoms with van der Waals surface area (Å²) in [5, 5.41) is 14.0. The van der Waals surface area contributed by atoms with Crippen molar-refractivity contribution in [3.05, 3.63) is 105 Å². The summed E-state index contributed by atoms with van der Waals surface area (Å²) in [6.07, 6.45) is 1.43. The van der Waals surface area contributed by atoms with Crippen molar-refractivity contribution >= 4 is 57.0 Å². The Bertz CT molecular complexity index is 1500. The van der Waals surface area contributed by atoms with Crippen LogP contribution in [-0.4, -0.2) is 19.0 Å². The quantitative estimate of drug-likeness (QED) is 0.0972. The minimum atomic E-state index is -0.543. The van der Waals surface area contributed by atoms with Gasteiger partial charge in [0.25, 0.3) is 5.91 Å². The summed E-state index contributed by atoms with van der Waals surface area (Å²) in [5.74, 6) is -0.565. The predicted molar refractivity (Wildman–Crippen MR) is 143 cm³/mol. The van der Waals surface area contributed by atoms with E-state index in [2.05, 4.69) is 27.9 Å². The summed E-state index contributed by atoms with van der Waals surface area (Å²) in [7, 11) is 1.47. The number of hydrogen-bond donors (Lipinski definition) is 1. The molecule has 0 fully saturated rings. The number of ether oxygens (including phenoxy) is 2. The first-order valence-corrected chi connectivity index (χ1v) is 11.6. The lowest BCUT2D eigenvalue weighted by atomic mass is 10.0. The van der Waals surface area contributed by atoms with Crippen molar-refractivity contribution in [3.8, 4) is 17.6 Å². The van der Waals surface area contributed by atoms with Crippen LogP contribution in [0, 0.1) is 14.9 Å². The van der Waals surface area contributed by atoms with Gasteiger partial charge < -0.3 is 14.8 Å². The first kappa shape index (κ1) is 24.0. The number of carbonyl (C=O) groups excluding carboxylic acids is 2. The molecule has 0 aliphatic rings. The Morgan fingerprint density at radius 1 is 0.943 bits per heavy atom. The lowest BCUT2D eigenvalue weighted by Gasteiger charge is -2.11. The maximum absolute atomic E-state index is 13.0. The Kier molecular flexibility index (Phi) is 7.43. The molecule has 172 valence electrons. The van der Waals surface area contributed by atoms with Gasteiger partial charge in [0.1, 0.15) is 11.6 Å². The molecule has 0 aliphatic heterocycles. The van der Waals surface area contributed by atoms with Gasteiger partial charge in [-0.15, -0.1) is 0 Å². The fraction of sp³-hybridized carbons (Fsp3) is 0.0357. The molecule has 4 aromatic carbocycles. The third-order valence-corrected chi connectivity index (χ3v) is 5.83. The Hall–Kier alpha value is -4.16. The number of amides is 1. The van der Waals surface area contributed by atoms with Gasteiger partial charge in [0.15, 0.2) is 11.5 Å². The first-order valence-electron chi connectivity index (χ1n) is 10.5. The van der Waals surface area contributed by atoms with E-state index in [-0.39, 0.29) is 11.3 Å². The molecule has 1 N–H and O–H groups in total. The SMILES string of the molecule is COc1ccc(/C=C(\C#N)C(=O)Nc2cccc(I)c2)cc1OC(=O)c1cccc2ccccc12. The highest BCUT2D eigenvalue weighted by atomic mass is 127. The minimum Gasteiger partial charge on any atom is -0.493 e. The molecule has 4 aromatic rings. The van der Waals surface area contributed by atoms with Gasteiger partial charge in [-0.1, -0.05) is 48.5 Å². The van der Waals surface area contributed by atoms with E-state index < -0.39 is 11.9 Å². The van der Waals surface area contributed by atoms with Gasteiger partial charge in [-0.2, -0.15) is 5.26 Å². The molecule has 0 aromatic heterocycles. The van der Waals surface area contributed by atoms with Crippen LogP contribution in [-0.2, 0) is 4.79 Å². The second-order valence-corrected chi connectivity index (χ2v) is 8.71. The second-order valence-electron chi connectivity index (χ2n) is 7.46. The van der Waals surface area contributed by atoms with Crippen molar-refractivity contribution in [1.82, 2.24) is 0 Å². The average Bonchev–Trinajstić information content (AvgIpc) is 2.87. The van der Waals surface area contributed by atoms with Crippen LogP contribution in [0.5, 0.6) is 11.5 Å². The molecule has 1 amide bonds. The summed E-state index contributed by atoms with van der Waals surface area (Å²) in [5.41, 5.74) is 1.41. The van der Waals surface area contributed by atoms with Crippen molar-refractivity contribution in [2.75, 3.05) is 12.4 Å². The third kappa shape index (κ3) is 5.67. The standard InChI is InChI=1S/C28H19IN2O4/c1-34-25-13-12-18(14-20(17-30)27(32)31-22-9-5-8-21(29)16-22)15-26(25)35-28(33)24-11-4-7-19-6-2-3-10-23(19)24/h2-16H,1H3,(H,31,32)/b20-14+. The van der Waals surface area contributed by atoms with Gasteiger partial charge in [-0.25, -0.2) is 4.79 Å². The second kappa shape index (κ2) is 10.8. The zero-order valence-corrected chi connectivity index (χ0v) is 20.8. The summed E-state index contributed by atoms with van der Waals surface area (Å²) >= 11 is 2.14. The van der Waals surface area contributed by atoms with Crippen LogP contribution in [0.25, 0.3) is 16.8 Å².